The highest BCUT2D eigenvalue weighted by Crippen LogP contribution is 2.06. The molecule has 3 N–H and O–H groups in total. The minimum atomic E-state index is -1.83. The zero-order valence-corrected chi connectivity index (χ0v) is 8.13. The first-order chi connectivity index (χ1) is 7.36. The Bertz CT molecular complexity index is 308. The molecule has 1 rings (SSSR count). The molecule has 0 aromatic heterocycles. The van der Waals surface area contributed by atoms with Gasteiger partial charge in [-0.25, -0.2) is 9.59 Å². The van der Waals surface area contributed by atoms with Crippen LogP contribution in [0.25, 0.3) is 0 Å². The van der Waals surface area contributed by atoms with E-state index in [-0.39, 0.29) is 6.42 Å². The Labute approximate surface area is 88.9 Å². The van der Waals surface area contributed by atoms with E-state index in [0.717, 1.165) is 7.11 Å². The summed E-state index contributed by atoms with van der Waals surface area (Å²) in [6.07, 6.45) is -3.97. The lowest BCUT2D eigenvalue weighted by Crippen LogP contribution is -2.28. The first-order valence-corrected chi connectivity index (χ1v) is 3.87. The van der Waals surface area contributed by atoms with Crippen LogP contribution in [0.4, 0.5) is 9.59 Å². The molecule has 0 saturated carbocycles. The number of ether oxygens (including phenoxy) is 2. The minimum absolute atomic E-state index is 0.131. The van der Waals surface area contributed by atoms with E-state index in [0.29, 0.717) is 0 Å². The Hall–Kier alpha value is -2.32. The highest BCUT2D eigenvalue weighted by atomic mass is 16.7. The normalized spacial score (nSPS) is 17.9. The highest BCUT2D eigenvalue weighted by molar-refractivity contribution is 6.05. The molecule has 1 aliphatic rings. The van der Waals surface area contributed by atoms with Crippen LogP contribution in [0.2, 0.25) is 0 Å². The number of carboxylic acid groups (broad SMARTS) is 2. The zero-order valence-electron chi connectivity index (χ0n) is 8.13. The number of nitrogens with one attached hydrogen (secondary N) is 1. The first kappa shape index (κ1) is 13.7. The van der Waals surface area contributed by atoms with Gasteiger partial charge in [0.05, 0.1) is 13.5 Å². The van der Waals surface area contributed by atoms with Crippen LogP contribution in [0.1, 0.15) is 6.42 Å². The summed E-state index contributed by atoms with van der Waals surface area (Å²) >= 11 is 0. The van der Waals surface area contributed by atoms with E-state index in [2.05, 4.69) is 9.47 Å². The van der Waals surface area contributed by atoms with E-state index >= 15 is 0 Å². The van der Waals surface area contributed by atoms with Crippen LogP contribution in [-0.4, -0.2) is 47.6 Å². The minimum Gasteiger partial charge on any atom is -0.450 e. The number of hydrogen-bond donors (Lipinski definition) is 3. The molecular formula is C7H9NO8. The fourth-order valence-electron chi connectivity index (χ4n) is 0.789. The molecule has 0 aromatic rings. The van der Waals surface area contributed by atoms with Crippen molar-refractivity contribution in [3.8, 4) is 0 Å². The quantitative estimate of drug-likeness (QED) is 0.404. The number of carbonyl (C=O) groups excluding carboxylic acids is 3. The molecule has 0 aliphatic carbocycles. The summed E-state index contributed by atoms with van der Waals surface area (Å²) in [6, 6.07) is 0. The van der Waals surface area contributed by atoms with Gasteiger partial charge in [0.25, 0.3) is 5.91 Å². The number of hydrogen-bond acceptors (Lipinski definition) is 6. The standard InChI is InChI=1S/C6H7NO5.CH2O3/c1-11-6(10)12-3-2-4(8)7-5(3)9;2-1(3)4/h3H,2H2,1H3,(H,7,8,9);(H2,2,3,4). The summed E-state index contributed by atoms with van der Waals surface area (Å²) in [6.45, 7) is 0. The summed E-state index contributed by atoms with van der Waals surface area (Å²) in [5.41, 5.74) is 0. The van der Waals surface area contributed by atoms with Gasteiger partial charge < -0.3 is 19.7 Å². The second-order valence-corrected chi connectivity index (χ2v) is 2.46. The molecule has 0 aromatic carbocycles. The van der Waals surface area contributed by atoms with Gasteiger partial charge in [-0.3, -0.25) is 14.9 Å². The smallest absolute Gasteiger partial charge is 0.450 e. The molecule has 1 aliphatic heterocycles. The molecule has 1 atom stereocenters. The van der Waals surface area contributed by atoms with Gasteiger partial charge in [-0.2, -0.15) is 0 Å². The largest absolute Gasteiger partial charge is 0.508 e. The third kappa shape index (κ3) is 5.42. The van der Waals surface area contributed by atoms with E-state index in [1.807, 2.05) is 5.32 Å². The molecule has 0 spiro atoms. The van der Waals surface area contributed by atoms with Crippen LogP contribution in [0, 0.1) is 0 Å². The maximum Gasteiger partial charge on any atom is 0.508 e. The number of amides is 2. The molecule has 2 amide bonds. The van der Waals surface area contributed by atoms with Crippen molar-refractivity contribution in [2.24, 2.45) is 0 Å². The zero-order chi connectivity index (χ0) is 12.7. The van der Waals surface area contributed by atoms with Crippen LogP contribution in [0.15, 0.2) is 0 Å². The number of rotatable bonds is 1. The summed E-state index contributed by atoms with van der Waals surface area (Å²) < 4.78 is 8.59. The number of imide groups is 1. The third-order valence-electron chi connectivity index (χ3n) is 1.33. The Morgan fingerprint density at radius 3 is 2.19 bits per heavy atom. The predicted octanol–water partition coefficient (Wildman–Crippen LogP) is -0.593. The van der Waals surface area contributed by atoms with Gasteiger partial charge in [-0.15, -0.1) is 0 Å². The van der Waals surface area contributed by atoms with E-state index in [9.17, 15) is 14.4 Å². The topological polar surface area (TPSA) is 139 Å². The molecule has 16 heavy (non-hydrogen) atoms. The molecular weight excluding hydrogens is 226 g/mol. The molecule has 1 saturated heterocycles. The summed E-state index contributed by atoms with van der Waals surface area (Å²) in [5, 5.41) is 15.9. The van der Waals surface area contributed by atoms with Crippen molar-refractivity contribution in [1.82, 2.24) is 5.32 Å². The molecule has 0 bridgehead atoms. The third-order valence-corrected chi connectivity index (χ3v) is 1.33. The Morgan fingerprint density at radius 2 is 1.88 bits per heavy atom. The Balaban J connectivity index is 0.000000487. The second kappa shape index (κ2) is 6.22. The maximum atomic E-state index is 10.8. The van der Waals surface area contributed by atoms with Gasteiger partial charge in [0, 0.05) is 0 Å². The van der Waals surface area contributed by atoms with Gasteiger partial charge in [0.2, 0.25) is 5.91 Å². The van der Waals surface area contributed by atoms with Gasteiger partial charge in [0.1, 0.15) is 0 Å². The van der Waals surface area contributed by atoms with Crippen molar-refractivity contribution in [1.29, 1.82) is 0 Å². The van der Waals surface area contributed by atoms with Crippen LogP contribution < -0.4 is 5.32 Å². The molecule has 1 unspecified atom stereocenters. The molecule has 9 heteroatoms. The van der Waals surface area contributed by atoms with Crippen LogP contribution in [-0.2, 0) is 19.1 Å². The van der Waals surface area contributed by atoms with Crippen LogP contribution in [0.5, 0.6) is 0 Å². The molecule has 0 radical (unpaired) electrons. The van der Waals surface area contributed by atoms with E-state index in [1.54, 1.807) is 0 Å². The maximum absolute atomic E-state index is 10.8. The van der Waals surface area contributed by atoms with Crippen molar-refractivity contribution < 1.29 is 38.9 Å². The molecule has 90 valence electrons. The molecule has 1 fully saturated rings. The van der Waals surface area contributed by atoms with Crippen LogP contribution >= 0.6 is 0 Å². The monoisotopic (exact) mass is 235 g/mol. The lowest BCUT2D eigenvalue weighted by Gasteiger charge is -2.05. The fourth-order valence-corrected chi connectivity index (χ4v) is 0.789. The highest BCUT2D eigenvalue weighted by Gasteiger charge is 2.33. The van der Waals surface area contributed by atoms with E-state index in [1.165, 1.54) is 0 Å². The van der Waals surface area contributed by atoms with Crippen molar-refractivity contribution in [3.05, 3.63) is 0 Å². The first-order valence-electron chi connectivity index (χ1n) is 3.87. The van der Waals surface area contributed by atoms with Crippen molar-refractivity contribution in [3.63, 3.8) is 0 Å². The van der Waals surface area contributed by atoms with E-state index < -0.39 is 30.2 Å². The summed E-state index contributed by atoms with van der Waals surface area (Å²) in [4.78, 5) is 40.4. The Kier molecular flexibility index (Phi) is 5.32. The second-order valence-electron chi connectivity index (χ2n) is 2.46. The van der Waals surface area contributed by atoms with Crippen molar-refractivity contribution in [2.45, 2.75) is 12.5 Å². The number of carbonyl (C=O) groups is 4. The SMILES string of the molecule is COC(=O)OC1CC(=O)NC1=O.O=C(O)O. The molecule has 1 heterocycles. The number of methoxy groups -OCH3 is 1. The summed E-state index contributed by atoms with van der Waals surface area (Å²) in [5.74, 6) is -1.06. The predicted molar refractivity (Wildman–Crippen MR) is 45.7 cm³/mol. The summed E-state index contributed by atoms with van der Waals surface area (Å²) in [7, 11) is 1.12. The average molecular weight is 235 g/mol. The van der Waals surface area contributed by atoms with Gasteiger partial charge in [-0.1, -0.05) is 0 Å². The van der Waals surface area contributed by atoms with E-state index in [4.69, 9.17) is 15.0 Å². The van der Waals surface area contributed by atoms with Gasteiger partial charge in [-0.05, 0) is 0 Å². The lowest BCUT2D eigenvalue weighted by molar-refractivity contribution is -0.128. The van der Waals surface area contributed by atoms with Gasteiger partial charge in [0.15, 0.2) is 6.10 Å². The lowest BCUT2D eigenvalue weighted by atomic mass is 10.3. The van der Waals surface area contributed by atoms with Crippen molar-refractivity contribution in [2.75, 3.05) is 7.11 Å². The Morgan fingerprint density at radius 1 is 1.38 bits per heavy atom. The van der Waals surface area contributed by atoms with Crippen molar-refractivity contribution >= 4 is 24.1 Å². The van der Waals surface area contributed by atoms with Gasteiger partial charge >= 0.3 is 12.3 Å². The average Bonchev–Trinajstić information content (AvgIpc) is 2.44. The van der Waals surface area contributed by atoms with Crippen LogP contribution in [0.3, 0.4) is 0 Å². The molecule has 9 nitrogen and oxygen atoms in total. The fraction of sp³-hybridized carbons (Fsp3) is 0.429.